The molecular formula is C13H17NO3. The minimum atomic E-state index is -0.395. The van der Waals surface area contributed by atoms with Crippen LogP contribution in [0.5, 0.6) is 0 Å². The molecule has 0 heterocycles. The van der Waals surface area contributed by atoms with E-state index in [-0.39, 0.29) is 12.7 Å². The molecule has 1 aromatic carbocycles. The molecule has 4 nitrogen and oxygen atoms in total. The topological polar surface area (TPSA) is 58.6 Å². The molecule has 1 aliphatic rings. The van der Waals surface area contributed by atoms with Crippen LogP contribution in [0.3, 0.4) is 0 Å². The highest BCUT2D eigenvalue weighted by molar-refractivity contribution is 5.84. The van der Waals surface area contributed by atoms with Crippen molar-refractivity contribution in [3.8, 4) is 0 Å². The van der Waals surface area contributed by atoms with E-state index in [1.807, 2.05) is 0 Å². The number of nitrogens with one attached hydrogen (secondary N) is 1. The Hall–Kier alpha value is -1.55. The SMILES string of the molecule is O=C(Nc1ccc(CO)cc1)OC1CCCC1. The normalized spacial score (nSPS) is 15.8. The van der Waals surface area contributed by atoms with Gasteiger partial charge in [-0.15, -0.1) is 0 Å². The molecule has 92 valence electrons. The minimum absolute atomic E-state index is 0.00675. The van der Waals surface area contributed by atoms with Crippen molar-refractivity contribution in [3.63, 3.8) is 0 Å². The largest absolute Gasteiger partial charge is 0.446 e. The number of anilines is 1. The molecule has 1 amide bonds. The van der Waals surface area contributed by atoms with Crippen molar-refractivity contribution in [2.24, 2.45) is 0 Å². The van der Waals surface area contributed by atoms with Crippen molar-refractivity contribution >= 4 is 11.8 Å². The van der Waals surface area contributed by atoms with Crippen LogP contribution in [0.1, 0.15) is 31.2 Å². The van der Waals surface area contributed by atoms with Crippen LogP contribution in [0.25, 0.3) is 0 Å². The Bertz CT molecular complexity index is 369. The van der Waals surface area contributed by atoms with Gasteiger partial charge in [-0.3, -0.25) is 5.32 Å². The number of aliphatic hydroxyl groups excluding tert-OH is 1. The summed E-state index contributed by atoms with van der Waals surface area (Å²) in [5.41, 5.74) is 1.50. The average Bonchev–Trinajstić information content (AvgIpc) is 2.82. The number of aliphatic hydroxyl groups is 1. The van der Waals surface area contributed by atoms with Crippen LogP contribution in [-0.2, 0) is 11.3 Å². The molecule has 0 bridgehead atoms. The lowest BCUT2D eigenvalue weighted by atomic mass is 10.2. The molecule has 1 saturated carbocycles. The summed E-state index contributed by atoms with van der Waals surface area (Å²) >= 11 is 0. The molecule has 17 heavy (non-hydrogen) atoms. The predicted molar refractivity (Wildman–Crippen MR) is 64.7 cm³/mol. The van der Waals surface area contributed by atoms with Gasteiger partial charge >= 0.3 is 6.09 Å². The van der Waals surface area contributed by atoms with Crippen molar-refractivity contribution < 1.29 is 14.6 Å². The summed E-state index contributed by atoms with van der Waals surface area (Å²) in [6.07, 6.45) is 3.90. The fraction of sp³-hybridized carbons (Fsp3) is 0.462. The number of ether oxygens (including phenoxy) is 1. The van der Waals surface area contributed by atoms with Crippen LogP contribution < -0.4 is 5.32 Å². The van der Waals surface area contributed by atoms with Gasteiger partial charge in [0.2, 0.25) is 0 Å². The molecule has 2 rings (SSSR count). The summed E-state index contributed by atoms with van der Waals surface area (Å²) in [5, 5.41) is 11.6. The monoisotopic (exact) mass is 235 g/mol. The highest BCUT2D eigenvalue weighted by Gasteiger charge is 2.18. The van der Waals surface area contributed by atoms with Gasteiger partial charge in [0.1, 0.15) is 6.10 Å². The number of amides is 1. The molecule has 1 aliphatic carbocycles. The van der Waals surface area contributed by atoms with E-state index in [1.54, 1.807) is 24.3 Å². The van der Waals surface area contributed by atoms with E-state index in [2.05, 4.69) is 5.32 Å². The zero-order chi connectivity index (χ0) is 12.1. The molecular weight excluding hydrogens is 218 g/mol. The first-order chi connectivity index (χ1) is 8.28. The van der Waals surface area contributed by atoms with Gasteiger partial charge in [0.25, 0.3) is 0 Å². The zero-order valence-corrected chi connectivity index (χ0v) is 9.69. The number of carbonyl (C=O) groups is 1. The second-order valence-electron chi connectivity index (χ2n) is 4.29. The zero-order valence-electron chi connectivity index (χ0n) is 9.69. The Morgan fingerprint density at radius 2 is 1.94 bits per heavy atom. The van der Waals surface area contributed by atoms with Gasteiger partial charge in [0, 0.05) is 5.69 Å². The van der Waals surface area contributed by atoms with Crippen molar-refractivity contribution in [3.05, 3.63) is 29.8 Å². The van der Waals surface area contributed by atoms with E-state index in [4.69, 9.17) is 9.84 Å². The lowest BCUT2D eigenvalue weighted by molar-refractivity contribution is 0.114. The Kier molecular flexibility index (Phi) is 3.98. The fourth-order valence-electron chi connectivity index (χ4n) is 2.00. The standard InChI is InChI=1S/C13H17NO3/c15-9-10-5-7-11(8-6-10)14-13(16)17-12-3-1-2-4-12/h5-8,12,15H,1-4,9H2,(H,14,16). The third-order valence-corrected chi connectivity index (χ3v) is 2.96. The Balaban J connectivity index is 1.84. The highest BCUT2D eigenvalue weighted by Crippen LogP contribution is 2.21. The maximum Gasteiger partial charge on any atom is 0.411 e. The van der Waals surface area contributed by atoms with Gasteiger partial charge in [-0.25, -0.2) is 4.79 Å². The maximum atomic E-state index is 11.5. The molecule has 0 radical (unpaired) electrons. The van der Waals surface area contributed by atoms with Gasteiger partial charge in [-0.2, -0.15) is 0 Å². The van der Waals surface area contributed by atoms with Gasteiger partial charge in [0.15, 0.2) is 0 Å². The Labute approximate surface area is 101 Å². The van der Waals surface area contributed by atoms with E-state index < -0.39 is 6.09 Å². The predicted octanol–water partition coefficient (Wildman–Crippen LogP) is 2.67. The van der Waals surface area contributed by atoms with Crippen molar-refractivity contribution in [1.29, 1.82) is 0 Å². The first-order valence-corrected chi connectivity index (χ1v) is 5.95. The lowest BCUT2D eigenvalue weighted by Crippen LogP contribution is -2.20. The molecule has 0 atom stereocenters. The van der Waals surface area contributed by atoms with Crippen molar-refractivity contribution in [2.45, 2.75) is 38.4 Å². The lowest BCUT2D eigenvalue weighted by Gasteiger charge is -2.12. The quantitative estimate of drug-likeness (QED) is 0.846. The molecule has 2 N–H and O–H groups in total. The molecule has 0 spiro atoms. The van der Waals surface area contributed by atoms with Crippen molar-refractivity contribution in [2.75, 3.05) is 5.32 Å². The molecule has 1 aromatic rings. The third kappa shape index (κ3) is 3.46. The number of carbonyl (C=O) groups excluding carboxylic acids is 1. The van der Waals surface area contributed by atoms with Crippen LogP contribution in [0, 0.1) is 0 Å². The summed E-state index contributed by atoms with van der Waals surface area (Å²) in [5.74, 6) is 0. The molecule has 1 fully saturated rings. The van der Waals surface area contributed by atoms with Crippen LogP contribution in [0.4, 0.5) is 10.5 Å². The summed E-state index contributed by atoms with van der Waals surface area (Å²) in [4.78, 5) is 11.5. The molecule has 0 saturated heterocycles. The van der Waals surface area contributed by atoms with E-state index in [0.717, 1.165) is 31.2 Å². The van der Waals surface area contributed by atoms with E-state index in [9.17, 15) is 4.79 Å². The smallest absolute Gasteiger partial charge is 0.411 e. The number of hydrogen-bond donors (Lipinski definition) is 2. The van der Waals surface area contributed by atoms with Gasteiger partial charge in [-0.05, 0) is 43.4 Å². The van der Waals surface area contributed by atoms with Gasteiger partial charge in [-0.1, -0.05) is 12.1 Å². The van der Waals surface area contributed by atoms with E-state index >= 15 is 0 Å². The van der Waals surface area contributed by atoms with Crippen LogP contribution >= 0.6 is 0 Å². The Morgan fingerprint density at radius 3 is 2.53 bits per heavy atom. The molecule has 4 heteroatoms. The first kappa shape index (κ1) is 11.9. The first-order valence-electron chi connectivity index (χ1n) is 5.95. The van der Waals surface area contributed by atoms with Gasteiger partial charge < -0.3 is 9.84 Å². The summed E-state index contributed by atoms with van der Waals surface area (Å²) in [6.45, 7) is 0.00675. The Morgan fingerprint density at radius 1 is 1.29 bits per heavy atom. The highest BCUT2D eigenvalue weighted by atomic mass is 16.6. The molecule has 0 aromatic heterocycles. The minimum Gasteiger partial charge on any atom is -0.446 e. The van der Waals surface area contributed by atoms with Crippen LogP contribution in [0.15, 0.2) is 24.3 Å². The molecule has 0 unspecified atom stereocenters. The van der Waals surface area contributed by atoms with Crippen LogP contribution in [0.2, 0.25) is 0 Å². The van der Waals surface area contributed by atoms with Crippen LogP contribution in [-0.4, -0.2) is 17.3 Å². The number of hydrogen-bond acceptors (Lipinski definition) is 3. The molecule has 0 aliphatic heterocycles. The summed E-state index contributed by atoms with van der Waals surface area (Å²) in [7, 11) is 0. The summed E-state index contributed by atoms with van der Waals surface area (Å²) in [6, 6.07) is 7.04. The number of rotatable bonds is 3. The summed E-state index contributed by atoms with van der Waals surface area (Å²) < 4.78 is 5.27. The van der Waals surface area contributed by atoms with Crippen molar-refractivity contribution in [1.82, 2.24) is 0 Å². The van der Waals surface area contributed by atoms with E-state index in [0.29, 0.717) is 5.69 Å². The second kappa shape index (κ2) is 5.68. The number of benzene rings is 1. The van der Waals surface area contributed by atoms with E-state index in [1.165, 1.54) is 0 Å². The van der Waals surface area contributed by atoms with Gasteiger partial charge in [0.05, 0.1) is 6.61 Å². The average molecular weight is 235 g/mol. The fourth-order valence-corrected chi connectivity index (χ4v) is 2.00. The second-order valence-corrected chi connectivity index (χ2v) is 4.29. The maximum absolute atomic E-state index is 11.5. The third-order valence-electron chi connectivity index (χ3n) is 2.96.